The highest BCUT2D eigenvalue weighted by atomic mass is 15.4. The van der Waals surface area contributed by atoms with Gasteiger partial charge in [0.15, 0.2) is 0 Å². The topological polar surface area (TPSA) is 6.48 Å². The summed E-state index contributed by atoms with van der Waals surface area (Å²) in [7, 11) is 0. The molecule has 2 heteroatoms. The number of hydrogen-bond acceptors (Lipinski definition) is 2. The standard InChI is InChI=1S/C25H24N2/c1-4-19-18(3)25-26(21-13-7-5-11-17(21)2)23-15-9-10-16-24(23)27(25)22-14-8-6-12-20(19)22/h4-16,18-19,25H,1H2,2-3H3. The fourth-order valence-corrected chi connectivity index (χ4v) is 4.92. The van der Waals surface area contributed by atoms with Gasteiger partial charge in [-0.25, -0.2) is 0 Å². The third-order valence-electron chi connectivity index (χ3n) is 6.15. The van der Waals surface area contributed by atoms with Gasteiger partial charge in [-0.05, 0) is 42.3 Å². The SMILES string of the molecule is C=CC1c2ccccc2N2c3ccccc3N(c3ccccc3C)C2C1C. The Kier molecular flexibility index (Phi) is 3.61. The van der Waals surface area contributed by atoms with Crippen LogP contribution in [0.2, 0.25) is 0 Å². The summed E-state index contributed by atoms with van der Waals surface area (Å²) in [6.07, 6.45) is 2.36. The Morgan fingerprint density at radius 3 is 1.89 bits per heavy atom. The number of benzene rings is 3. The molecule has 134 valence electrons. The molecular formula is C25H24N2. The first-order valence-corrected chi connectivity index (χ1v) is 9.67. The molecule has 0 bridgehead atoms. The predicted molar refractivity (Wildman–Crippen MR) is 114 cm³/mol. The first-order valence-electron chi connectivity index (χ1n) is 9.67. The normalized spacial score (nSPS) is 22.8. The Morgan fingerprint density at radius 1 is 0.741 bits per heavy atom. The van der Waals surface area contributed by atoms with E-state index in [1.807, 2.05) is 0 Å². The maximum atomic E-state index is 4.18. The van der Waals surface area contributed by atoms with Crippen molar-refractivity contribution in [3.05, 3.63) is 96.6 Å². The fraction of sp³-hybridized carbons (Fsp3) is 0.200. The van der Waals surface area contributed by atoms with Crippen LogP contribution in [0.3, 0.4) is 0 Å². The molecule has 0 saturated heterocycles. The molecule has 2 nitrogen and oxygen atoms in total. The summed E-state index contributed by atoms with van der Waals surface area (Å²) in [5, 5.41) is 0. The Morgan fingerprint density at radius 2 is 1.26 bits per heavy atom. The van der Waals surface area contributed by atoms with Gasteiger partial charge in [-0.1, -0.05) is 61.5 Å². The van der Waals surface area contributed by atoms with E-state index in [9.17, 15) is 0 Å². The Balaban J connectivity index is 1.79. The van der Waals surface area contributed by atoms with E-state index < -0.39 is 0 Å². The van der Waals surface area contributed by atoms with Gasteiger partial charge < -0.3 is 9.80 Å². The second-order valence-corrected chi connectivity index (χ2v) is 7.61. The molecule has 0 saturated carbocycles. The van der Waals surface area contributed by atoms with Crippen LogP contribution in [0.15, 0.2) is 85.5 Å². The molecule has 0 fully saturated rings. The third kappa shape index (κ3) is 2.19. The lowest BCUT2D eigenvalue weighted by molar-refractivity contribution is 0.410. The molecule has 0 radical (unpaired) electrons. The van der Waals surface area contributed by atoms with Gasteiger partial charge in [-0.3, -0.25) is 0 Å². The van der Waals surface area contributed by atoms with Crippen LogP contribution < -0.4 is 9.80 Å². The maximum absolute atomic E-state index is 4.18. The molecule has 2 heterocycles. The molecule has 0 amide bonds. The van der Waals surface area contributed by atoms with Gasteiger partial charge in [-0.2, -0.15) is 0 Å². The minimum Gasteiger partial charge on any atom is -0.318 e. The summed E-state index contributed by atoms with van der Waals surface area (Å²) in [5.41, 5.74) is 7.82. The molecule has 2 aliphatic rings. The van der Waals surface area contributed by atoms with E-state index in [0.29, 0.717) is 11.8 Å². The van der Waals surface area contributed by atoms with Crippen LogP contribution in [0.1, 0.15) is 24.0 Å². The molecule has 0 spiro atoms. The largest absolute Gasteiger partial charge is 0.318 e. The average Bonchev–Trinajstić information content (AvgIpc) is 3.05. The second-order valence-electron chi connectivity index (χ2n) is 7.61. The molecule has 3 aromatic carbocycles. The van der Waals surface area contributed by atoms with Crippen molar-refractivity contribution in [3.8, 4) is 0 Å². The molecule has 5 rings (SSSR count). The fourth-order valence-electron chi connectivity index (χ4n) is 4.92. The van der Waals surface area contributed by atoms with Gasteiger partial charge in [0.1, 0.15) is 6.17 Å². The average molecular weight is 352 g/mol. The lowest BCUT2D eigenvalue weighted by atomic mass is 9.80. The van der Waals surface area contributed by atoms with Crippen molar-refractivity contribution < 1.29 is 0 Å². The molecule has 3 unspecified atom stereocenters. The van der Waals surface area contributed by atoms with Gasteiger partial charge in [0.2, 0.25) is 0 Å². The summed E-state index contributed by atoms with van der Waals surface area (Å²) in [4.78, 5) is 5.06. The third-order valence-corrected chi connectivity index (χ3v) is 6.15. The number of anilines is 4. The van der Waals surface area contributed by atoms with E-state index in [1.54, 1.807) is 0 Å². The first-order chi connectivity index (χ1) is 13.2. The van der Waals surface area contributed by atoms with E-state index in [2.05, 4.69) is 109 Å². The van der Waals surface area contributed by atoms with Gasteiger partial charge >= 0.3 is 0 Å². The highest BCUT2D eigenvalue weighted by molar-refractivity contribution is 5.90. The maximum Gasteiger partial charge on any atom is 0.115 e. The second kappa shape index (κ2) is 6.02. The lowest BCUT2D eigenvalue weighted by Crippen LogP contribution is -2.48. The van der Waals surface area contributed by atoms with Crippen LogP contribution in [0, 0.1) is 12.8 Å². The molecule has 27 heavy (non-hydrogen) atoms. The lowest BCUT2D eigenvalue weighted by Gasteiger charge is -2.45. The van der Waals surface area contributed by atoms with Crippen molar-refractivity contribution in [2.45, 2.75) is 25.9 Å². The highest BCUT2D eigenvalue weighted by Crippen LogP contribution is 2.56. The predicted octanol–water partition coefficient (Wildman–Crippen LogP) is 6.53. The minimum absolute atomic E-state index is 0.237. The molecule has 0 aromatic heterocycles. The number of aryl methyl sites for hydroxylation is 1. The van der Waals surface area contributed by atoms with Gasteiger partial charge in [0.05, 0.1) is 11.4 Å². The number of allylic oxidation sites excluding steroid dienone is 1. The van der Waals surface area contributed by atoms with E-state index in [1.165, 1.54) is 33.9 Å². The Bertz CT molecular complexity index is 1020. The quantitative estimate of drug-likeness (QED) is 0.484. The van der Waals surface area contributed by atoms with Crippen molar-refractivity contribution in [1.29, 1.82) is 0 Å². The zero-order chi connectivity index (χ0) is 18.5. The number of fused-ring (bicyclic) bond motifs is 5. The number of rotatable bonds is 2. The number of para-hydroxylation sites is 4. The van der Waals surface area contributed by atoms with Gasteiger partial charge in [0, 0.05) is 23.2 Å². The summed E-state index contributed by atoms with van der Waals surface area (Å²) in [6, 6.07) is 26.3. The monoisotopic (exact) mass is 352 g/mol. The molecule has 0 N–H and O–H groups in total. The van der Waals surface area contributed by atoms with Crippen LogP contribution in [0.4, 0.5) is 22.7 Å². The molecule has 3 atom stereocenters. The summed E-state index contributed by atoms with van der Waals surface area (Å²) in [6.45, 7) is 8.73. The van der Waals surface area contributed by atoms with Crippen LogP contribution in [0.5, 0.6) is 0 Å². The van der Waals surface area contributed by atoms with E-state index >= 15 is 0 Å². The minimum atomic E-state index is 0.237. The van der Waals surface area contributed by atoms with Gasteiger partial charge in [-0.15, -0.1) is 6.58 Å². The molecular weight excluding hydrogens is 328 g/mol. The Labute approximate surface area is 161 Å². The molecule has 3 aromatic rings. The number of nitrogens with zero attached hydrogens (tertiary/aromatic N) is 2. The van der Waals surface area contributed by atoms with Crippen molar-refractivity contribution in [3.63, 3.8) is 0 Å². The van der Waals surface area contributed by atoms with E-state index in [0.717, 1.165) is 0 Å². The van der Waals surface area contributed by atoms with Crippen LogP contribution >= 0.6 is 0 Å². The molecule has 0 aliphatic carbocycles. The van der Waals surface area contributed by atoms with Gasteiger partial charge in [0.25, 0.3) is 0 Å². The highest BCUT2D eigenvalue weighted by Gasteiger charge is 2.47. The van der Waals surface area contributed by atoms with Crippen LogP contribution in [0.25, 0.3) is 0 Å². The Hall–Kier alpha value is -3.00. The van der Waals surface area contributed by atoms with E-state index in [4.69, 9.17) is 0 Å². The smallest absolute Gasteiger partial charge is 0.115 e. The summed E-state index contributed by atoms with van der Waals surface area (Å²) < 4.78 is 0. The van der Waals surface area contributed by atoms with Crippen molar-refractivity contribution in [2.75, 3.05) is 9.80 Å². The van der Waals surface area contributed by atoms with E-state index in [-0.39, 0.29) is 6.17 Å². The van der Waals surface area contributed by atoms with Crippen LogP contribution in [-0.4, -0.2) is 6.17 Å². The number of hydrogen-bond donors (Lipinski definition) is 0. The summed E-state index contributed by atoms with van der Waals surface area (Å²) in [5.74, 6) is 0.743. The van der Waals surface area contributed by atoms with Crippen LogP contribution in [-0.2, 0) is 0 Å². The molecule has 2 aliphatic heterocycles. The zero-order valence-electron chi connectivity index (χ0n) is 15.8. The van der Waals surface area contributed by atoms with Crippen molar-refractivity contribution in [2.24, 2.45) is 5.92 Å². The van der Waals surface area contributed by atoms with Crippen molar-refractivity contribution >= 4 is 22.7 Å². The van der Waals surface area contributed by atoms with Crippen molar-refractivity contribution in [1.82, 2.24) is 0 Å². The zero-order valence-corrected chi connectivity index (χ0v) is 15.8. The summed E-state index contributed by atoms with van der Waals surface area (Å²) >= 11 is 0. The first kappa shape index (κ1) is 16.2.